The van der Waals surface area contributed by atoms with Crippen LogP contribution in [0.5, 0.6) is 0 Å². The Balaban J connectivity index is 1.18. The number of Topliss-reactive ketones (excluding diaryl/α,β-unsaturated/α-hetero) is 1. The molecule has 0 unspecified atom stereocenters. The molecule has 6 rings (SSSR count). The quantitative estimate of drug-likeness (QED) is 0.371. The lowest BCUT2D eigenvalue weighted by Gasteiger charge is -2.54. The highest BCUT2D eigenvalue weighted by Gasteiger charge is 2.59. The molecule has 2 saturated carbocycles. The van der Waals surface area contributed by atoms with E-state index < -0.39 is 0 Å². The number of hydrogen-bond donors (Lipinski definition) is 0. The van der Waals surface area contributed by atoms with Crippen molar-refractivity contribution in [3.8, 4) is 0 Å². The molecule has 4 aliphatic carbocycles. The molecule has 2 aromatic rings. The van der Waals surface area contributed by atoms with Gasteiger partial charge in [-0.25, -0.2) is 9.59 Å². The molecular weight excluding hydrogens is 500 g/mol. The summed E-state index contributed by atoms with van der Waals surface area (Å²) in [6, 6.07) is 18.3. The van der Waals surface area contributed by atoms with Crippen molar-refractivity contribution in [3.05, 3.63) is 82.9 Å². The van der Waals surface area contributed by atoms with Gasteiger partial charge in [-0.2, -0.15) is 0 Å². The molecule has 40 heavy (non-hydrogen) atoms. The van der Waals surface area contributed by atoms with Crippen LogP contribution in [0.2, 0.25) is 0 Å². The molecule has 4 aliphatic rings. The summed E-state index contributed by atoms with van der Waals surface area (Å²) >= 11 is 0. The first-order valence-electron chi connectivity index (χ1n) is 15.0. The molecule has 210 valence electrons. The van der Waals surface area contributed by atoms with Crippen molar-refractivity contribution < 1.29 is 23.9 Å². The van der Waals surface area contributed by atoms with Gasteiger partial charge in [-0.05, 0) is 98.8 Å². The second kappa shape index (κ2) is 10.3. The van der Waals surface area contributed by atoms with E-state index in [1.54, 1.807) is 24.3 Å². The number of esters is 2. The Morgan fingerprint density at radius 1 is 0.875 bits per heavy atom. The van der Waals surface area contributed by atoms with Crippen LogP contribution in [-0.2, 0) is 14.3 Å². The molecule has 0 aliphatic heterocycles. The van der Waals surface area contributed by atoms with Crippen LogP contribution in [0.4, 0.5) is 0 Å². The number of ether oxygens (including phenoxy) is 2. The van der Waals surface area contributed by atoms with Crippen molar-refractivity contribution in [1.29, 1.82) is 0 Å². The number of fused-ring (bicyclic) bond motifs is 4. The average Bonchev–Trinajstić information content (AvgIpc) is 3.30. The van der Waals surface area contributed by atoms with Crippen LogP contribution in [0.1, 0.15) is 92.9 Å². The van der Waals surface area contributed by atoms with Gasteiger partial charge in [-0.1, -0.05) is 55.8 Å². The van der Waals surface area contributed by atoms with Gasteiger partial charge in [-0.3, -0.25) is 4.79 Å². The summed E-state index contributed by atoms with van der Waals surface area (Å²) in [6.45, 7) is 6.56. The highest BCUT2D eigenvalue weighted by molar-refractivity contribution is 5.99. The number of ketones is 1. The standard InChI is InChI=1S/C35H40O5/c1-22(39-32(37)23-10-6-4-7-11-23)28-16-17-29-27-15-14-25-20-26(40-33(38)24-12-8-5-9-13-24)18-19-34(25,2)31(27)30(36)21-35(28,29)3/h4-13,22,25-26,28-29H,14-21H2,1-3H3/t22-,25+,26+,28-,29+,34+,35+/m0/s1. The molecule has 0 N–H and O–H groups in total. The second-order valence-electron chi connectivity index (χ2n) is 13.0. The number of rotatable bonds is 5. The van der Waals surface area contributed by atoms with Gasteiger partial charge in [0.15, 0.2) is 5.78 Å². The third-order valence-corrected chi connectivity index (χ3v) is 10.9. The van der Waals surface area contributed by atoms with Gasteiger partial charge in [0.25, 0.3) is 0 Å². The Morgan fingerprint density at radius 3 is 2.20 bits per heavy atom. The number of carbonyl (C=O) groups is 3. The number of benzene rings is 2. The number of allylic oxidation sites excluding steroid dienone is 2. The van der Waals surface area contributed by atoms with Gasteiger partial charge in [0.2, 0.25) is 0 Å². The van der Waals surface area contributed by atoms with E-state index in [1.807, 2.05) is 43.3 Å². The summed E-state index contributed by atoms with van der Waals surface area (Å²) in [4.78, 5) is 39.6. The fraction of sp³-hybridized carbons (Fsp3) is 0.514. The lowest BCUT2D eigenvalue weighted by Crippen LogP contribution is -2.49. The van der Waals surface area contributed by atoms with Crippen LogP contribution >= 0.6 is 0 Å². The topological polar surface area (TPSA) is 69.7 Å². The molecule has 2 fully saturated rings. The molecule has 2 aromatic carbocycles. The Morgan fingerprint density at radius 2 is 1.52 bits per heavy atom. The predicted octanol–water partition coefficient (Wildman–Crippen LogP) is 7.36. The lowest BCUT2D eigenvalue weighted by atomic mass is 9.50. The second-order valence-corrected chi connectivity index (χ2v) is 13.0. The highest BCUT2D eigenvalue weighted by Crippen LogP contribution is 2.64. The fourth-order valence-corrected chi connectivity index (χ4v) is 8.88. The van der Waals surface area contributed by atoms with Gasteiger partial charge in [0.1, 0.15) is 12.2 Å². The van der Waals surface area contributed by atoms with E-state index in [4.69, 9.17) is 9.47 Å². The van der Waals surface area contributed by atoms with Crippen LogP contribution in [-0.4, -0.2) is 29.9 Å². The van der Waals surface area contributed by atoms with E-state index in [-0.39, 0.29) is 46.7 Å². The molecule has 5 heteroatoms. The van der Waals surface area contributed by atoms with Crippen molar-refractivity contribution >= 4 is 17.7 Å². The lowest BCUT2D eigenvalue weighted by molar-refractivity contribution is -0.124. The maximum absolute atomic E-state index is 14.0. The normalized spacial score (nSPS) is 33.8. The Bertz CT molecular complexity index is 1330. The monoisotopic (exact) mass is 540 g/mol. The summed E-state index contributed by atoms with van der Waals surface area (Å²) in [6.07, 6.45) is 6.60. The van der Waals surface area contributed by atoms with Crippen molar-refractivity contribution in [2.45, 2.75) is 84.3 Å². The van der Waals surface area contributed by atoms with Gasteiger partial charge in [0, 0.05) is 17.9 Å². The average molecular weight is 541 g/mol. The van der Waals surface area contributed by atoms with Crippen molar-refractivity contribution in [2.75, 3.05) is 0 Å². The third kappa shape index (κ3) is 4.52. The Hall–Kier alpha value is -3.21. The van der Waals surface area contributed by atoms with E-state index in [0.29, 0.717) is 29.4 Å². The molecule has 5 nitrogen and oxygen atoms in total. The first-order valence-corrected chi connectivity index (χ1v) is 15.0. The zero-order chi connectivity index (χ0) is 28.1. The molecule has 0 heterocycles. The molecule has 0 aromatic heterocycles. The first-order chi connectivity index (χ1) is 19.2. The maximum Gasteiger partial charge on any atom is 0.338 e. The predicted molar refractivity (Wildman–Crippen MR) is 153 cm³/mol. The zero-order valence-electron chi connectivity index (χ0n) is 23.9. The van der Waals surface area contributed by atoms with Gasteiger partial charge in [-0.15, -0.1) is 0 Å². The Labute approximate surface area is 237 Å². The van der Waals surface area contributed by atoms with Crippen LogP contribution in [0.3, 0.4) is 0 Å². The summed E-state index contributed by atoms with van der Waals surface area (Å²) < 4.78 is 11.9. The van der Waals surface area contributed by atoms with E-state index >= 15 is 0 Å². The van der Waals surface area contributed by atoms with Crippen LogP contribution in [0.15, 0.2) is 71.8 Å². The number of hydrogen-bond acceptors (Lipinski definition) is 5. The smallest absolute Gasteiger partial charge is 0.338 e. The van der Waals surface area contributed by atoms with Crippen LogP contribution in [0.25, 0.3) is 0 Å². The van der Waals surface area contributed by atoms with Gasteiger partial charge < -0.3 is 9.47 Å². The zero-order valence-corrected chi connectivity index (χ0v) is 23.9. The van der Waals surface area contributed by atoms with Gasteiger partial charge >= 0.3 is 11.9 Å². The maximum atomic E-state index is 14.0. The highest BCUT2D eigenvalue weighted by atomic mass is 16.5. The van der Waals surface area contributed by atoms with Crippen molar-refractivity contribution in [3.63, 3.8) is 0 Å². The van der Waals surface area contributed by atoms with E-state index in [2.05, 4.69) is 13.8 Å². The molecular formula is C35H40O5. The summed E-state index contributed by atoms with van der Waals surface area (Å²) in [5.74, 6) is 0.587. The minimum atomic E-state index is -0.292. The molecule has 7 atom stereocenters. The van der Waals surface area contributed by atoms with E-state index in [0.717, 1.165) is 50.5 Å². The summed E-state index contributed by atoms with van der Waals surface area (Å²) in [7, 11) is 0. The van der Waals surface area contributed by atoms with Crippen LogP contribution < -0.4 is 0 Å². The van der Waals surface area contributed by atoms with Crippen molar-refractivity contribution in [1.82, 2.24) is 0 Å². The van der Waals surface area contributed by atoms with E-state index in [1.165, 1.54) is 5.57 Å². The third-order valence-electron chi connectivity index (χ3n) is 10.9. The molecule has 0 radical (unpaired) electrons. The molecule has 0 saturated heterocycles. The largest absolute Gasteiger partial charge is 0.459 e. The fourth-order valence-electron chi connectivity index (χ4n) is 8.88. The molecule has 0 bridgehead atoms. The molecule has 0 spiro atoms. The van der Waals surface area contributed by atoms with Crippen molar-refractivity contribution in [2.24, 2.45) is 28.6 Å². The SMILES string of the molecule is C[C@H](OC(=O)c1ccccc1)[C@@H]1CC[C@@H]2C3=C(C(=O)C[C@@]21C)[C@]1(C)CC[C@@H](OC(=O)c2ccccc2)C[C@H]1CC3. The van der Waals surface area contributed by atoms with Gasteiger partial charge in [0.05, 0.1) is 11.1 Å². The Kier molecular flexibility index (Phi) is 6.96. The first kappa shape index (κ1) is 27.0. The minimum absolute atomic E-state index is 0.104. The summed E-state index contributed by atoms with van der Waals surface area (Å²) in [5.41, 5.74) is 3.26. The van der Waals surface area contributed by atoms with E-state index in [9.17, 15) is 14.4 Å². The van der Waals surface area contributed by atoms with Crippen LogP contribution in [0, 0.1) is 28.6 Å². The minimum Gasteiger partial charge on any atom is -0.459 e. The number of carbonyl (C=O) groups excluding carboxylic acids is 3. The molecule has 0 amide bonds. The summed E-state index contributed by atoms with van der Waals surface area (Å²) in [5, 5.41) is 0.